The van der Waals surface area contributed by atoms with Crippen molar-refractivity contribution in [3.05, 3.63) is 108 Å². The molecule has 0 bridgehead atoms. The number of aromatic nitrogens is 1. The van der Waals surface area contributed by atoms with E-state index in [1.807, 2.05) is 69.0 Å². The van der Waals surface area contributed by atoms with Crippen LogP contribution in [-0.2, 0) is 6.54 Å². The van der Waals surface area contributed by atoms with Gasteiger partial charge >= 0.3 is 0 Å². The summed E-state index contributed by atoms with van der Waals surface area (Å²) in [5.74, 6) is 0.401. The van der Waals surface area contributed by atoms with Crippen LogP contribution in [0.2, 0.25) is 5.02 Å². The van der Waals surface area contributed by atoms with Crippen LogP contribution in [0.5, 0.6) is 5.75 Å². The number of benzene rings is 3. The summed E-state index contributed by atoms with van der Waals surface area (Å²) in [6.45, 7) is 6.74. The van der Waals surface area contributed by atoms with E-state index >= 15 is 0 Å². The normalized spacial score (nSPS) is 13.7. The number of nitrogens with zero attached hydrogens (tertiary/aromatic N) is 3. The number of ether oxygens (including phenoxy) is 1. The van der Waals surface area contributed by atoms with Gasteiger partial charge in [-0.15, -0.1) is 0 Å². The maximum atomic E-state index is 14.3. The molecule has 0 radical (unpaired) electrons. The Kier molecular flexibility index (Phi) is 6.96. The van der Waals surface area contributed by atoms with Gasteiger partial charge in [-0.1, -0.05) is 54.6 Å². The van der Waals surface area contributed by atoms with Gasteiger partial charge in [-0.25, -0.2) is 4.39 Å². The second kappa shape index (κ2) is 10.5. The molecule has 1 aromatic heterocycles. The van der Waals surface area contributed by atoms with Crippen molar-refractivity contribution in [1.29, 1.82) is 0 Å². The fourth-order valence-electron chi connectivity index (χ4n) is 4.72. The molecule has 5 nitrogen and oxygen atoms in total. The number of rotatable bonds is 7. The van der Waals surface area contributed by atoms with E-state index in [0.29, 0.717) is 61.5 Å². The Bertz CT molecular complexity index is 1410. The van der Waals surface area contributed by atoms with E-state index in [2.05, 4.69) is 6.58 Å². The molecule has 0 aliphatic carbocycles. The van der Waals surface area contributed by atoms with Crippen LogP contribution in [0.1, 0.15) is 16.1 Å². The lowest BCUT2D eigenvalue weighted by Crippen LogP contribution is -2.49. The molecule has 184 valence electrons. The number of hydrogen-bond donors (Lipinski definition) is 0. The number of hydrogen-bond acceptors (Lipinski definition) is 3. The van der Waals surface area contributed by atoms with Gasteiger partial charge in [0.2, 0.25) is 0 Å². The number of halogens is 2. The van der Waals surface area contributed by atoms with Gasteiger partial charge in [0.1, 0.15) is 23.9 Å². The summed E-state index contributed by atoms with van der Waals surface area (Å²) in [5, 5.41) is 1.52. The number of para-hydroxylation sites is 1. The van der Waals surface area contributed by atoms with Crippen molar-refractivity contribution in [2.45, 2.75) is 6.54 Å². The number of amides is 1. The van der Waals surface area contributed by atoms with E-state index in [4.69, 9.17) is 16.3 Å². The van der Waals surface area contributed by atoms with E-state index in [9.17, 15) is 9.18 Å². The third-order valence-electron chi connectivity index (χ3n) is 6.47. The lowest BCUT2D eigenvalue weighted by Gasteiger charge is -2.36. The van der Waals surface area contributed by atoms with Crippen LogP contribution in [0.4, 0.5) is 10.1 Å². The zero-order valence-corrected chi connectivity index (χ0v) is 20.6. The number of fused-ring (bicyclic) bond motifs is 1. The van der Waals surface area contributed by atoms with E-state index < -0.39 is 0 Å². The van der Waals surface area contributed by atoms with Crippen LogP contribution in [0.25, 0.3) is 10.9 Å². The van der Waals surface area contributed by atoms with Gasteiger partial charge in [0.15, 0.2) is 0 Å². The van der Waals surface area contributed by atoms with E-state index in [-0.39, 0.29) is 11.7 Å². The minimum atomic E-state index is -0.244. The highest BCUT2D eigenvalue weighted by atomic mass is 35.5. The third kappa shape index (κ3) is 4.82. The summed E-state index contributed by atoms with van der Waals surface area (Å²) in [7, 11) is 0. The maximum Gasteiger partial charge on any atom is 0.270 e. The van der Waals surface area contributed by atoms with Crippen LogP contribution < -0.4 is 9.64 Å². The molecule has 0 N–H and O–H groups in total. The zero-order valence-electron chi connectivity index (χ0n) is 19.9. The van der Waals surface area contributed by atoms with Crippen LogP contribution in [-0.4, -0.2) is 48.2 Å². The smallest absolute Gasteiger partial charge is 0.270 e. The Morgan fingerprint density at radius 1 is 1.00 bits per heavy atom. The highest BCUT2D eigenvalue weighted by Gasteiger charge is 2.27. The molecule has 0 saturated carbocycles. The molecular formula is C29H27ClFN3O2. The van der Waals surface area contributed by atoms with Gasteiger partial charge in [0, 0.05) is 43.1 Å². The lowest BCUT2D eigenvalue weighted by atomic mass is 10.2. The SMILES string of the molecule is C=CCOc1cccc2c1cc(C(=O)N1CCN(c3ccccc3F)CC1)n2Cc1cccc(Cl)c1. The molecular weight excluding hydrogens is 477 g/mol. The second-order valence-electron chi connectivity index (χ2n) is 8.76. The summed E-state index contributed by atoms with van der Waals surface area (Å²) in [4.78, 5) is 17.6. The number of anilines is 1. The third-order valence-corrected chi connectivity index (χ3v) is 6.71. The quantitative estimate of drug-likeness (QED) is 0.290. The Balaban J connectivity index is 1.46. The molecule has 1 fully saturated rings. The molecule has 1 aliphatic rings. The van der Waals surface area contributed by atoms with Crippen molar-refractivity contribution in [1.82, 2.24) is 9.47 Å². The predicted octanol–water partition coefficient (Wildman–Crippen LogP) is 6.01. The summed E-state index contributed by atoms with van der Waals surface area (Å²) in [5.41, 5.74) is 3.06. The van der Waals surface area contributed by atoms with E-state index in [1.54, 1.807) is 18.2 Å². The summed E-state index contributed by atoms with van der Waals surface area (Å²) < 4.78 is 22.2. The minimum absolute atomic E-state index is 0.0592. The van der Waals surface area contributed by atoms with Gasteiger partial charge in [-0.2, -0.15) is 0 Å². The van der Waals surface area contributed by atoms with Crippen molar-refractivity contribution in [2.24, 2.45) is 0 Å². The fraction of sp³-hybridized carbons (Fsp3) is 0.207. The first-order chi connectivity index (χ1) is 17.5. The topological polar surface area (TPSA) is 37.7 Å². The Morgan fingerprint density at radius 3 is 2.53 bits per heavy atom. The molecule has 0 atom stereocenters. The second-order valence-corrected chi connectivity index (χ2v) is 9.20. The maximum absolute atomic E-state index is 14.3. The average molecular weight is 504 g/mol. The first-order valence-corrected chi connectivity index (χ1v) is 12.3. The molecule has 0 spiro atoms. The van der Waals surface area contributed by atoms with Gasteiger partial charge in [-0.3, -0.25) is 4.79 Å². The molecule has 5 rings (SSSR count). The first kappa shape index (κ1) is 23.9. The number of carbonyl (C=O) groups is 1. The van der Waals surface area contributed by atoms with Crippen molar-refractivity contribution in [3.8, 4) is 5.75 Å². The summed E-state index contributed by atoms with van der Waals surface area (Å²) in [6, 6.07) is 22.1. The predicted molar refractivity (Wildman–Crippen MR) is 143 cm³/mol. The summed E-state index contributed by atoms with van der Waals surface area (Å²) in [6.07, 6.45) is 1.70. The van der Waals surface area contributed by atoms with Crippen LogP contribution >= 0.6 is 11.6 Å². The molecule has 4 aromatic rings. The van der Waals surface area contributed by atoms with Gasteiger partial charge < -0.3 is 19.1 Å². The number of carbonyl (C=O) groups excluding carboxylic acids is 1. The van der Waals surface area contributed by atoms with Crippen molar-refractivity contribution < 1.29 is 13.9 Å². The van der Waals surface area contributed by atoms with Crippen molar-refractivity contribution in [2.75, 3.05) is 37.7 Å². The van der Waals surface area contributed by atoms with Gasteiger partial charge in [0.25, 0.3) is 5.91 Å². The van der Waals surface area contributed by atoms with Gasteiger partial charge in [0.05, 0.1) is 11.2 Å². The minimum Gasteiger partial charge on any atom is -0.489 e. The summed E-state index contributed by atoms with van der Waals surface area (Å²) >= 11 is 6.24. The highest BCUT2D eigenvalue weighted by molar-refractivity contribution is 6.30. The largest absolute Gasteiger partial charge is 0.489 e. The van der Waals surface area contributed by atoms with Gasteiger partial charge in [-0.05, 0) is 48.0 Å². The Labute approximate surface area is 214 Å². The molecule has 7 heteroatoms. The number of piperazine rings is 1. The fourth-order valence-corrected chi connectivity index (χ4v) is 4.93. The van der Waals surface area contributed by atoms with E-state index in [1.165, 1.54) is 6.07 Å². The molecule has 0 unspecified atom stereocenters. The zero-order chi connectivity index (χ0) is 25.1. The van der Waals surface area contributed by atoms with E-state index in [0.717, 1.165) is 16.5 Å². The first-order valence-electron chi connectivity index (χ1n) is 11.9. The molecule has 1 amide bonds. The standard InChI is InChI=1S/C29H27ClFN3O2/c1-2-17-36-28-12-6-11-25-23(28)19-27(34(25)20-21-7-5-8-22(30)18-21)29(35)33-15-13-32(14-16-33)26-10-4-3-9-24(26)31/h2-12,18-19H,1,13-17,20H2. The molecule has 3 aromatic carbocycles. The van der Waals surface area contributed by atoms with Crippen LogP contribution in [0, 0.1) is 5.82 Å². The molecule has 1 saturated heterocycles. The Morgan fingerprint density at radius 2 is 1.78 bits per heavy atom. The molecule has 36 heavy (non-hydrogen) atoms. The highest BCUT2D eigenvalue weighted by Crippen LogP contribution is 2.31. The Hall–Kier alpha value is -3.77. The van der Waals surface area contributed by atoms with Crippen molar-refractivity contribution >= 4 is 34.1 Å². The average Bonchev–Trinajstić information content (AvgIpc) is 3.26. The van der Waals surface area contributed by atoms with Crippen LogP contribution in [0.3, 0.4) is 0 Å². The monoisotopic (exact) mass is 503 g/mol. The van der Waals surface area contributed by atoms with Crippen LogP contribution in [0.15, 0.2) is 85.5 Å². The lowest BCUT2D eigenvalue weighted by molar-refractivity contribution is 0.0736. The van der Waals surface area contributed by atoms with Crippen molar-refractivity contribution in [3.63, 3.8) is 0 Å². The molecule has 2 heterocycles. The molecule has 1 aliphatic heterocycles.